The number of fused-ring (bicyclic) bond motifs is 17. The minimum Gasteiger partial charge on any atom is -0.540 e. The molecule has 9 heterocycles. The Morgan fingerprint density at radius 1 is 0.474 bits per heavy atom. The van der Waals surface area contributed by atoms with E-state index in [2.05, 4.69) is 17.1 Å². The number of hydrogen-bond acceptors (Lipinski definition) is 26. The third kappa shape index (κ3) is 24.3. The smallest absolute Gasteiger partial charge is 0.395 e. The van der Waals surface area contributed by atoms with E-state index in [9.17, 15) is 66.8 Å². The standard InChI is InChI=1S/C33H39F3N3O6.C33H41N4O6.C32H39N4O6.3V/c1-17(2)21-14-29(41)44-27-12-18-11-22(18)20(27)7-5-4-6-8-24-31(38-25-13-19(43-3)9-10-23(25)37-24)45-28-15-39(32(21)42)26(16-40)30(28)33(34,35)36;1-32(2,3)23-16-29(39)43-33(4)17-20(33)9-7-6-8-10-25-30(36-26-15-21(41-5)11-12-24(26)35-25)42-28-18-37(31(23)40)27(19-38)22(28)13-14-34;1-32(2,3)22-16-29(38)41-27-14-19(27)8-6-5-7-9-24-30(35-25-15-20(40-4)10-11-23(25)34-24)42-28-17-36(31(22)39)26(18-37)21(28)12-13-33;;;/h9-10,13,17-18,20-22,26-28,30H,4-8,11-12,14-15H2,1-3H3;11-12,15,20,22-23,27-28H,6-10,13,16-18H2,1-5H3;10-11,15,19,21-22,26-28H,5-9,12,14,16-17H2,1-4H3;;;/q3*-1;;;/t18?,20-,21+,22?,26-,27-,28+,30+;20-,22+,23-,27-,28+,33-;19-,21+,22-,26-,27-,28+;;;/m111.../s1. The van der Waals surface area contributed by atoms with Gasteiger partial charge < -0.3 is 71.7 Å². The van der Waals surface area contributed by atoms with E-state index in [-0.39, 0.29) is 137 Å². The van der Waals surface area contributed by atoms with E-state index < -0.39 is 131 Å². The number of halogens is 3. The first kappa shape index (κ1) is 104. The largest absolute Gasteiger partial charge is 0.540 e. The molecule has 3 radical (unpaired) electrons. The Balaban J connectivity index is 0.000000190. The summed E-state index contributed by atoms with van der Waals surface area (Å²) in [6.07, 6.45) is 13.1. The Morgan fingerprint density at radius 3 is 1.31 bits per heavy atom. The Hall–Kier alpha value is -9.17. The third-order valence-electron chi connectivity index (χ3n) is 28.4. The fraction of sp³-hybridized carbons (Fsp3) is 0.643. The maximum Gasteiger partial charge on any atom is 0.395 e. The van der Waals surface area contributed by atoms with Crippen LogP contribution in [-0.2, 0) is 132 Å². The van der Waals surface area contributed by atoms with Crippen molar-refractivity contribution in [2.75, 3.05) is 41.0 Å². The van der Waals surface area contributed by atoms with Gasteiger partial charge in [-0.3, -0.25) is 28.8 Å². The topological polar surface area (TPSA) is 371 Å². The van der Waals surface area contributed by atoms with Crippen molar-refractivity contribution in [1.82, 2.24) is 44.6 Å². The number of benzene rings is 3. The minimum absolute atomic E-state index is 0. The van der Waals surface area contributed by atoms with Crippen LogP contribution in [0.15, 0.2) is 54.6 Å². The van der Waals surface area contributed by atoms with Gasteiger partial charge in [0.25, 0.3) is 0 Å². The number of rotatable bonds is 9. The fourth-order valence-electron chi connectivity index (χ4n) is 20.4. The zero-order valence-electron chi connectivity index (χ0n) is 77.6. The average Bonchev–Trinajstić information content (AvgIpc) is 1.61. The van der Waals surface area contributed by atoms with E-state index in [1.54, 1.807) is 58.4 Å². The molecule has 35 heteroatoms. The summed E-state index contributed by atoms with van der Waals surface area (Å²) in [6.45, 7) is 16.4. The van der Waals surface area contributed by atoms with Gasteiger partial charge in [-0.25, -0.2) is 48.8 Å². The van der Waals surface area contributed by atoms with Crippen LogP contribution < -0.4 is 28.4 Å². The monoisotopic (exact) mass is 1950 g/mol. The summed E-state index contributed by atoms with van der Waals surface area (Å²) in [5.74, 6) is -4.75. The van der Waals surface area contributed by atoms with Crippen molar-refractivity contribution in [2.24, 2.45) is 81.8 Å². The number of methoxy groups -OCH3 is 3. The molecule has 10 aliphatic rings. The van der Waals surface area contributed by atoms with Crippen LogP contribution in [0, 0.1) is 105 Å². The number of nitrogens with zero attached hydrogens (tertiary/aromatic N) is 11. The van der Waals surface area contributed by atoms with Crippen molar-refractivity contribution in [3.8, 4) is 47.0 Å². The van der Waals surface area contributed by atoms with Crippen molar-refractivity contribution in [2.45, 2.75) is 277 Å². The first-order valence-corrected chi connectivity index (χ1v) is 46.1. The first-order valence-electron chi connectivity index (χ1n) is 46.1. The number of esters is 3. The number of aromatic nitrogens is 6. The second-order valence-corrected chi connectivity index (χ2v) is 39.6. The van der Waals surface area contributed by atoms with Gasteiger partial charge in [0, 0.05) is 104 Å². The van der Waals surface area contributed by atoms with E-state index >= 15 is 0 Å². The quantitative estimate of drug-likeness (QED) is 0.0737. The molecule has 6 aromatic rings. The molecule has 0 spiro atoms. The molecule has 3 saturated heterocycles. The molecular formula is C98H119F3N11O18V3-3. The maximum atomic E-state index is 14.6. The molecule has 29 nitrogen and oxygen atoms in total. The van der Waals surface area contributed by atoms with Crippen LogP contribution in [0.5, 0.6) is 34.9 Å². The molecule has 4 saturated carbocycles. The fourth-order valence-corrected chi connectivity index (χ4v) is 20.4. The van der Waals surface area contributed by atoms with Crippen molar-refractivity contribution < 1.29 is 155 Å². The van der Waals surface area contributed by atoms with Crippen molar-refractivity contribution in [3.63, 3.8) is 0 Å². The molecule has 133 heavy (non-hydrogen) atoms. The molecule has 3 amide bonds. The van der Waals surface area contributed by atoms with Gasteiger partial charge >= 0.3 is 24.1 Å². The molecule has 3 aromatic heterocycles. The summed E-state index contributed by atoms with van der Waals surface area (Å²) in [5, 5.41) is 19.3. The normalized spacial score (nSPS) is 29.8. The first-order chi connectivity index (χ1) is 62.1. The number of nitriles is 2. The summed E-state index contributed by atoms with van der Waals surface area (Å²) in [4.78, 5) is 151. The van der Waals surface area contributed by atoms with E-state index in [1.807, 2.05) is 85.3 Å². The van der Waals surface area contributed by atoms with Gasteiger partial charge in [0.2, 0.25) is 35.4 Å². The number of aryl methyl sites for hydroxylation is 3. The molecular weight excluding hydrogens is 1830 g/mol. The van der Waals surface area contributed by atoms with Crippen LogP contribution in [0.2, 0.25) is 0 Å². The van der Waals surface area contributed by atoms with Crippen LogP contribution in [0.25, 0.3) is 33.1 Å². The summed E-state index contributed by atoms with van der Waals surface area (Å²) < 4.78 is 96.5. The second-order valence-electron chi connectivity index (χ2n) is 39.6. The molecule has 6 bridgehead atoms. The third-order valence-corrected chi connectivity index (χ3v) is 28.4. The summed E-state index contributed by atoms with van der Waals surface area (Å²) in [7, 11) is 4.66. The van der Waals surface area contributed by atoms with Crippen LogP contribution in [0.3, 0.4) is 0 Å². The molecule has 2 unspecified atom stereocenters. The molecule has 3 aromatic carbocycles. The van der Waals surface area contributed by atoms with E-state index in [0.717, 1.165) is 101 Å². The predicted octanol–water partition coefficient (Wildman–Crippen LogP) is 14.3. The Labute approximate surface area is 810 Å². The predicted molar refractivity (Wildman–Crippen MR) is 467 cm³/mol. The van der Waals surface area contributed by atoms with Crippen molar-refractivity contribution in [1.29, 1.82) is 10.5 Å². The molecule has 20 atom stereocenters. The Morgan fingerprint density at radius 2 is 0.880 bits per heavy atom. The van der Waals surface area contributed by atoms with Gasteiger partial charge in [-0.2, -0.15) is 23.7 Å². The van der Waals surface area contributed by atoms with Crippen molar-refractivity contribution in [3.05, 3.63) is 71.7 Å². The SMILES string of the molecule is COc1ccc2nc3c(nc2c1)O[C@H]1CN(C(=O)[C@H](C(C)(C)C)CC(=O)O[C@@H]2C[C@H]2CCCCC3)[C@H]([C-]=O)[C@@H]1CC#N.COc1ccc2nc3c(nc2c1)O[C@H]1CN(C(=O)[C@H](C(C)(C)C)CC(=O)O[C@]2(C)C[C@H]2CCCCC3)[C@H]([C-]=O)[C@@H]1CC#N.COc1ccc2nc3c(nc2c1)O[C@H]1CN(C(=O)[C@H](C(C)C)CC(=O)O[C@@H]2CC4CC4[C@H]2CCCCC3)[C@H]([C-]=O)[C@@H]1C(F)(F)F.[V].[V].[V]. The zero-order chi connectivity index (χ0) is 93.0. The molecule has 16 rings (SSSR count). The number of amides is 3. The Kier molecular flexibility index (Phi) is 34.8. The second kappa shape index (κ2) is 44.3. The number of carbonyl (C=O) groups excluding carboxylic acids is 9. The van der Waals surface area contributed by atoms with Gasteiger partial charge in [0.05, 0.1) is 129 Å². The molecule has 713 valence electrons. The van der Waals surface area contributed by atoms with Crippen LogP contribution in [0.4, 0.5) is 13.2 Å². The number of hydrogen-bond donors (Lipinski definition) is 0. The van der Waals surface area contributed by atoms with E-state index in [0.29, 0.717) is 129 Å². The van der Waals surface area contributed by atoms with Gasteiger partial charge in [-0.15, -0.1) is 0 Å². The average molecular weight is 1950 g/mol. The number of carbonyl (C=O) groups is 6. The minimum atomic E-state index is -4.89. The zero-order valence-corrected chi connectivity index (χ0v) is 81.8. The van der Waals surface area contributed by atoms with Gasteiger partial charge in [0.1, 0.15) is 70.5 Å². The number of ether oxygens (including phenoxy) is 9. The van der Waals surface area contributed by atoms with Gasteiger partial charge in [0.15, 0.2) is 0 Å². The van der Waals surface area contributed by atoms with Gasteiger partial charge in [-0.1, -0.05) is 106 Å². The van der Waals surface area contributed by atoms with Crippen LogP contribution >= 0.6 is 0 Å². The van der Waals surface area contributed by atoms with Crippen molar-refractivity contribution >= 4 is 87.6 Å². The number of alkyl halides is 3. The molecule has 0 N–H and O–H groups in total. The van der Waals surface area contributed by atoms with E-state index in [1.165, 1.54) is 23.2 Å². The van der Waals surface area contributed by atoms with Crippen LogP contribution in [0.1, 0.15) is 214 Å². The maximum absolute atomic E-state index is 14.6. The summed E-state index contributed by atoms with van der Waals surface area (Å²) in [5.41, 5.74) is 3.70. The Bertz CT molecular complexity index is 5300. The summed E-state index contributed by atoms with van der Waals surface area (Å²) >= 11 is 0. The molecule has 4 aliphatic carbocycles. The van der Waals surface area contributed by atoms with E-state index in [4.69, 9.17) is 67.6 Å². The van der Waals surface area contributed by atoms with Gasteiger partial charge in [-0.05, 0) is 173 Å². The van der Waals surface area contributed by atoms with Crippen LogP contribution in [-0.4, -0.2) is 200 Å². The summed E-state index contributed by atoms with van der Waals surface area (Å²) in [6, 6.07) is 16.4. The molecule has 6 aliphatic heterocycles. The molecule has 7 fully saturated rings.